The Balaban J connectivity index is 2.08. The maximum atomic E-state index is 4.58. The molecule has 0 bridgehead atoms. The van der Waals surface area contributed by atoms with Crippen LogP contribution in [0, 0.1) is 0 Å². The highest BCUT2D eigenvalue weighted by Gasteiger charge is 2.13. The molecule has 2 N–H and O–H groups in total. The van der Waals surface area contributed by atoms with E-state index in [1.165, 1.54) is 0 Å². The molecule has 7 nitrogen and oxygen atoms in total. The molecule has 0 radical (unpaired) electrons. The van der Waals surface area contributed by atoms with Crippen LogP contribution in [0.4, 0.5) is 5.95 Å². The van der Waals surface area contributed by atoms with Gasteiger partial charge in [-0.2, -0.15) is 15.1 Å². The van der Waals surface area contributed by atoms with Gasteiger partial charge in [-0.15, -0.1) is 0 Å². The molecule has 3 aromatic heterocycles. The average Bonchev–Trinajstić information content (AvgIpc) is 3.12. The second kappa shape index (κ2) is 5.51. The summed E-state index contributed by atoms with van der Waals surface area (Å²) in [7, 11) is 0. The van der Waals surface area contributed by atoms with Gasteiger partial charge in [-0.25, -0.2) is 9.67 Å². The van der Waals surface area contributed by atoms with Gasteiger partial charge in [0, 0.05) is 12.7 Å². The Bertz CT molecular complexity index is 741. The van der Waals surface area contributed by atoms with Crippen LogP contribution in [0.5, 0.6) is 0 Å². The van der Waals surface area contributed by atoms with E-state index < -0.39 is 0 Å². The topological polar surface area (TPSA) is 84.3 Å². The molecule has 0 aliphatic heterocycles. The molecule has 3 rings (SSSR count). The van der Waals surface area contributed by atoms with Gasteiger partial charge >= 0.3 is 0 Å². The van der Waals surface area contributed by atoms with E-state index in [2.05, 4.69) is 51.1 Å². The summed E-state index contributed by atoms with van der Waals surface area (Å²) in [5, 5.41) is 7.78. The zero-order chi connectivity index (χ0) is 14.8. The Kier molecular flexibility index (Phi) is 3.55. The van der Waals surface area contributed by atoms with Gasteiger partial charge in [0.05, 0.1) is 12.0 Å². The lowest BCUT2D eigenvalue weighted by atomic mass is 10.1. The van der Waals surface area contributed by atoms with E-state index in [1.807, 2.05) is 12.3 Å². The van der Waals surface area contributed by atoms with Gasteiger partial charge in [-0.1, -0.05) is 20.8 Å². The predicted molar refractivity (Wildman–Crippen MR) is 81.7 cm³/mol. The van der Waals surface area contributed by atoms with Crippen molar-refractivity contribution in [3.63, 3.8) is 0 Å². The minimum absolute atomic E-state index is 0.378. The summed E-state index contributed by atoms with van der Waals surface area (Å²) in [4.78, 5) is 16.3. The first kappa shape index (κ1) is 13.5. The molecule has 7 heteroatoms. The number of fused-ring (bicyclic) bond motifs is 1. The summed E-state index contributed by atoms with van der Waals surface area (Å²) in [6.45, 7) is 7.16. The van der Waals surface area contributed by atoms with Crippen molar-refractivity contribution in [3.8, 4) is 5.82 Å². The number of nitrogens with zero attached hydrogens (tertiary/aromatic N) is 5. The van der Waals surface area contributed by atoms with Gasteiger partial charge in [-0.3, -0.25) is 0 Å². The maximum Gasteiger partial charge on any atom is 0.226 e. The fourth-order valence-electron chi connectivity index (χ4n) is 2.06. The molecule has 0 aliphatic rings. The lowest BCUT2D eigenvalue weighted by molar-refractivity contribution is 0.759. The smallest absolute Gasteiger partial charge is 0.226 e. The van der Waals surface area contributed by atoms with Gasteiger partial charge in [-0.05, 0) is 18.4 Å². The van der Waals surface area contributed by atoms with Crippen molar-refractivity contribution in [2.24, 2.45) is 0 Å². The van der Waals surface area contributed by atoms with Gasteiger partial charge in [0.2, 0.25) is 5.95 Å². The van der Waals surface area contributed by atoms with E-state index >= 15 is 0 Å². The molecular formula is C14H19N7. The summed E-state index contributed by atoms with van der Waals surface area (Å²) in [5.41, 5.74) is 2.46. The second-order valence-corrected chi connectivity index (χ2v) is 5.24. The van der Waals surface area contributed by atoms with Crippen LogP contribution in [0.25, 0.3) is 17.0 Å². The maximum absolute atomic E-state index is 4.58. The minimum Gasteiger partial charge on any atom is -0.354 e. The van der Waals surface area contributed by atoms with Crippen LogP contribution in [0.15, 0.2) is 18.6 Å². The highest BCUT2D eigenvalue weighted by Crippen LogP contribution is 2.19. The number of nitrogens with one attached hydrogen (secondary N) is 2. The molecule has 0 atom stereocenters. The molecule has 110 valence electrons. The van der Waals surface area contributed by atoms with Crippen LogP contribution in [0.3, 0.4) is 0 Å². The van der Waals surface area contributed by atoms with Crippen molar-refractivity contribution < 1.29 is 0 Å². The normalized spacial score (nSPS) is 11.4. The highest BCUT2D eigenvalue weighted by molar-refractivity contribution is 5.79. The molecule has 0 saturated heterocycles. The molecule has 21 heavy (non-hydrogen) atoms. The van der Waals surface area contributed by atoms with Crippen LogP contribution in [-0.2, 0) is 0 Å². The van der Waals surface area contributed by atoms with Crippen LogP contribution in [-0.4, -0.2) is 36.3 Å². The minimum atomic E-state index is 0.378. The van der Waals surface area contributed by atoms with E-state index in [0.29, 0.717) is 23.3 Å². The molecule has 0 unspecified atom stereocenters. The van der Waals surface area contributed by atoms with Gasteiger partial charge < -0.3 is 10.3 Å². The lowest BCUT2D eigenvalue weighted by Gasteiger charge is -2.07. The fraction of sp³-hybridized carbons (Fsp3) is 0.429. The first-order chi connectivity index (χ1) is 10.2. The zero-order valence-corrected chi connectivity index (χ0v) is 12.5. The molecule has 3 heterocycles. The molecule has 0 saturated carbocycles. The van der Waals surface area contributed by atoms with Crippen molar-refractivity contribution in [1.82, 2.24) is 29.7 Å². The zero-order valence-electron chi connectivity index (χ0n) is 12.5. The molecule has 0 aromatic carbocycles. The number of anilines is 1. The lowest BCUT2D eigenvalue weighted by Crippen LogP contribution is -2.08. The van der Waals surface area contributed by atoms with E-state index in [9.17, 15) is 0 Å². The summed E-state index contributed by atoms with van der Waals surface area (Å²) in [6, 6.07) is 2.01. The van der Waals surface area contributed by atoms with Crippen LogP contribution >= 0.6 is 0 Å². The number of hydrogen-bond donors (Lipinski definition) is 2. The highest BCUT2D eigenvalue weighted by atomic mass is 15.3. The summed E-state index contributed by atoms with van der Waals surface area (Å²) < 4.78 is 1.77. The summed E-state index contributed by atoms with van der Waals surface area (Å²) >= 11 is 0. The molecule has 0 aliphatic carbocycles. The molecule has 0 amide bonds. The Hall–Kier alpha value is -2.44. The number of aromatic nitrogens is 6. The number of hydrogen-bond acceptors (Lipinski definition) is 5. The van der Waals surface area contributed by atoms with Gasteiger partial charge in [0.25, 0.3) is 0 Å². The Morgan fingerprint density at radius 1 is 1.33 bits per heavy atom. The Morgan fingerprint density at radius 3 is 2.90 bits per heavy atom. The van der Waals surface area contributed by atoms with Crippen LogP contribution in [0.2, 0.25) is 0 Å². The monoisotopic (exact) mass is 285 g/mol. The third kappa shape index (κ3) is 2.58. The standard InChI is InChI=1S/C14H19N7/c1-4-6-15-14-18-12-11(16-8-17-12)13(19-14)21-7-5-10(20-21)9(2)3/h5,7-9H,4,6H2,1-3H3,(H2,15,16,17,18,19). The Labute approximate surface area is 122 Å². The second-order valence-electron chi connectivity index (χ2n) is 5.24. The average molecular weight is 285 g/mol. The van der Waals surface area contributed by atoms with E-state index in [0.717, 1.165) is 24.2 Å². The largest absolute Gasteiger partial charge is 0.354 e. The number of H-pyrrole nitrogens is 1. The van der Waals surface area contributed by atoms with Crippen LogP contribution in [0.1, 0.15) is 38.8 Å². The number of imidazole rings is 1. The van der Waals surface area contributed by atoms with Crippen molar-refractivity contribution in [2.45, 2.75) is 33.1 Å². The Morgan fingerprint density at radius 2 is 2.19 bits per heavy atom. The third-order valence-corrected chi connectivity index (χ3v) is 3.22. The van der Waals surface area contributed by atoms with E-state index in [4.69, 9.17) is 0 Å². The SMILES string of the molecule is CCCNc1nc(-n2ccc(C(C)C)n2)c2[nH]cnc2n1. The quantitative estimate of drug-likeness (QED) is 0.752. The number of aromatic amines is 1. The van der Waals surface area contributed by atoms with Crippen molar-refractivity contribution >= 4 is 17.1 Å². The third-order valence-electron chi connectivity index (χ3n) is 3.22. The van der Waals surface area contributed by atoms with Gasteiger partial charge in [0.15, 0.2) is 11.5 Å². The van der Waals surface area contributed by atoms with Crippen molar-refractivity contribution in [1.29, 1.82) is 0 Å². The number of rotatable bonds is 5. The molecule has 0 fully saturated rings. The molecule has 0 spiro atoms. The summed E-state index contributed by atoms with van der Waals surface area (Å²) in [6.07, 6.45) is 4.55. The summed E-state index contributed by atoms with van der Waals surface area (Å²) in [5.74, 6) is 1.67. The first-order valence-corrected chi connectivity index (χ1v) is 7.20. The molecule has 3 aromatic rings. The van der Waals surface area contributed by atoms with Crippen molar-refractivity contribution in [2.75, 3.05) is 11.9 Å². The molecular weight excluding hydrogens is 266 g/mol. The van der Waals surface area contributed by atoms with Crippen LogP contribution < -0.4 is 5.32 Å². The first-order valence-electron chi connectivity index (χ1n) is 7.20. The van der Waals surface area contributed by atoms with Crippen molar-refractivity contribution in [3.05, 3.63) is 24.3 Å². The predicted octanol–water partition coefficient (Wildman–Crippen LogP) is 2.48. The fourth-order valence-corrected chi connectivity index (χ4v) is 2.06. The van der Waals surface area contributed by atoms with Gasteiger partial charge in [0.1, 0.15) is 5.52 Å². The van der Waals surface area contributed by atoms with E-state index in [1.54, 1.807) is 11.0 Å². The van der Waals surface area contributed by atoms with E-state index in [-0.39, 0.29) is 0 Å².